The van der Waals surface area contributed by atoms with E-state index in [0.717, 1.165) is 34.0 Å². The SMILES string of the molecule is Cc1ccc(COc2ccc([C@H]3SCC(=O)Nc4c3c(C)nn4C)cc2)cc1. The van der Waals surface area contributed by atoms with E-state index in [1.165, 1.54) is 5.56 Å². The molecule has 0 spiro atoms. The van der Waals surface area contributed by atoms with Crippen LogP contribution < -0.4 is 10.1 Å². The normalized spacial score (nSPS) is 16.2. The number of hydrogen-bond donors (Lipinski definition) is 1. The Bertz CT molecular complexity index is 994. The van der Waals surface area contributed by atoms with Gasteiger partial charge in [-0.2, -0.15) is 5.10 Å². The molecule has 2 heterocycles. The average Bonchev–Trinajstić information content (AvgIpc) is 2.86. The van der Waals surface area contributed by atoms with Crippen molar-refractivity contribution in [1.82, 2.24) is 9.78 Å². The van der Waals surface area contributed by atoms with Gasteiger partial charge in [-0.1, -0.05) is 42.0 Å². The van der Waals surface area contributed by atoms with Crippen LogP contribution in [0.1, 0.15) is 33.2 Å². The molecule has 2 aromatic carbocycles. The molecular weight excluding hydrogens is 370 g/mol. The molecule has 0 aliphatic carbocycles. The molecule has 6 heteroatoms. The van der Waals surface area contributed by atoms with E-state index in [0.29, 0.717) is 12.4 Å². The molecule has 1 aliphatic heterocycles. The second-order valence-electron chi connectivity index (χ2n) is 7.05. The van der Waals surface area contributed by atoms with Gasteiger partial charge in [-0.05, 0) is 37.1 Å². The molecule has 3 aromatic rings. The van der Waals surface area contributed by atoms with Crippen molar-refractivity contribution in [3.63, 3.8) is 0 Å². The van der Waals surface area contributed by atoms with Gasteiger partial charge >= 0.3 is 0 Å². The highest BCUT2D eigenvalue weighted by atomic mass is 32.2. The summed E-state index contributed by atoms with van der Waals surface area (Å²) in [7, 11) is 1.86. The largest absolute Gasteiger partial charge is 0.489 e. The van der Waals surface area contributed by atoms with Crippen LogP contribution >= 0.6 is 11.8 Å². The number of thioether (sulfide) groups is 1. The predicted molar refractivity (Wildman–Crippen MR) is 113 cm³/mol. The summed E-state index contributed by atoms with van der Waals surface area (Å²) < 4.78 is 7.67. The third-order valence-corrected chi connectivity index (χ3v) is 6.15. The van der Waals surface area contributed by atoms with Crippen LogP contribution in [0, 0.1) is 13.8 Å². The number of rotatable bonds is 4. The summed E-state index contributed by atoms with van der Waals surface area (Å²) in [6.07, 6.45) is 0. The maximum Gasteiger partial charge on any atom is 0.235 e. The fraction of sp³-hybridized carbons (Fsp3) is 0.273. The van der Waals surface area contributed by atoms with Crippen LogP contribution in [0.25, 0.3) is 0 Å². The van der Waals surface area contributed by atoms with Gasteiger partial charge in [0.05, 0.1) is 16.7 Å². The van der Waals surface area contributed by atoms with E-state index in [1.54, 1.807) is 16.4 Å². The van der Waals surface area contributed by atoms with E-state index >= 15 is 0 Å². The van der Waals surface area contributed by atoms with Gasteiger partial charge in [0.2, 0.25) is 5.91 Å². The molecule has 0 unspecified atom stereocenters. The molecule has 1 amide bonds. The molecule has 144 valence electrons. The molecule has 4 rings (SSSR count). The van der Waals surface area contributed by atoms with Crippen molar-refractivity contribution < 1.29 is 9.53 Å². The first-order valence-electron chi connectivity index (χ1n) is 9.24. The van der Waals surface area contributed by atoms with E-state index in [2.05, 4.69) is 53.7 Å². The minimum atomic E-state index is 0.00908. The maximum atomic E-state index is 12.1. The highest BCUT2D eigenvalue weighted by Crippen LogP contribution is 2.43. The summed E-state index contributed by atoms with van der Waals surface area (Å²) in [5.41, 5.74) is 5.55. The fourth-order valence-electron chi connectivity index (χ4n) is 3.40. The zero-order valence-electron chi connectivity index (χ0n) is 16.2. The third-order valence-electron chi connectivity index (χ3n) is 4.88. The van der Waals surface area contributed by atoms with Crippen molar-refractivity contribution in [1.29, 1.82) is 0 Å². The van der Waals surface area contributed by atoms with Gasteiger partial charge in [-0.25, -0.2) is 0 Å². The Hall–Kier alpha value is -2.73. The summed E-state index contributed by atoms with van der Waals surface area (Å²) in [4.78, 5) is 12.1. The second-order valence-corrected chi connectivity index (χ2v) is 8.15. The summed E-state index contributed by atoms with van der Waals surface area (Å²) in [5, 5.41) is 7.54. The van der Waals surface area contributed by atoms with E-state index in [9.17, 15) is 4.79 Å². The number of benzene rings is 2. The number of nitrogens with one attached hydrogen (secondary N) is 1. The third kappa shape index (κ3) is 3.78. The van der Waals surface area contributed by atoms with E-state index in [-0.39, 0.29) is 11.2 Å². The van der Waals surface area contributed by atoms with Crippen molar-refractivity contribution >= 4 is 23.5 Å². The number of fused-ring (bicyclic) bond motifs is 1. The molecule has 1 aromatic heterocycles. The minimum absolute atomic E-state index is 0.00908. The van der Waals surface area contributed by atoms with Crippen LogP contribution in [0.5, 0.6) is 5.75 Å². The highest BCUT2D eigenvalue weighted by Gasteiger charge is 2.29. The minimum Gasteiger partial charge on any atom is -0.489 e. The van der Waals surface area contributed by atoms with Crippen molar-refractivity contribution in [3.05, 3.63) is 76.5 Å². The van der Waals surface area contributed by atoms with E-state index in [1.807, 2.05) is 26.1 Å². The Morgan fingerprint density at radius 2 is 1.86 bits per heavy atom. The number of hydrogen-bond acceptors (Lipinski definition) is 4. The van der Waals surface area contributed by atoms with Crippen LogP contribution in [0.4, 0.5) is 5.82 Å². The first-order chi connectivity index (χ1) is 13.5. The lowest BCUT2D eigenvalue weighted by molar-refractivity contribution is -0.113. The van der Waals surface area contributed by atoms with Gasteiger partial charge in [0.15, 0.2) is 0 Å². The molecule has 0 fully saturated rings. The lowest BCUT2D eigenvalue weighted by atomic mass is 10.0. The number of nitrogens with zero attached hydrogens (tertiary/aromatic N) is 2. The number of carbonyl (C=O) groups excluding carboxylic acids is 1. The van der Waals surface area contributed by atoms with Crippen LogP contribution in [0.3, 0.4) is 0 Å². The lowest BCUT2D eigenvalue weighted by Gasteiger charge is -2.16. The van der Waals surface area contributed by atoms with Gasteiger partial charge in [-0.3, -0.25) is 9.48 Å². The Labute approximate surface area is 169 Å². The first kappa shape index (κ1) is 18.6. The summed E-state index contributed by atoms with van der Waals surface area (Å²) in [6.45, 7) is 4.61. The van der Waals surface area contributed by atoms with Crippen molar-refractivity contribution in [3.8, 4) is 5.75 Å². The maximum absolute atomic E-state index is 12.1. The number of aromatic nitrogens is 2. The quantitative estimate of drug-likeness (QED) is 0.714. The zero-order valence-corrected chi connectivity index (χ0v) is 17.0. The van der Waals surface area contributed by atoms with Gasteiger partial charge in [0, 0.05) is 12.6 Å². The molecular formula is C22H23N3O2S. The molecule has 1 N–H and O–H groups in total. The highest BCUT2D eigenvalue weighted by molar-refractivity contribution is 8.00. The summed E-state index contributed by atoms with van der Waals surface area (Å²) >= 11 is 1.63. The van der Waals surface area contributed by atoms with Gasteiger partial charge in [0.25, 0.3) is 0 Å². The van der Waals surface area contributed by atoms with Crippen LogP contribution in [0.15, 0.2) is 48.5 Å². The Morgan fingerprint density at radius 3 is 2.57 bits per heavy atom. The molecule has 5 nitrogen and oxygen atoms in total. The number of anilines is 1. The predicted octanol–water partition coefficient (Wildman–Crippen LogP) is 4.39. The van der Waals surface area contributed by atoms with Gasteiger partial charge in [0.1, 0.15) is 18.2 Å². The van der Waals surface area contributed by atoms with Crippen LogP contribution in [-0.4, -0.2) is 21.4 Å². The Kier molecular flexibility index (Phi) is 5.13. The molecule has 0 bridgehead atoms. The number of carbonyl (C=O) groups is 1. The number of aryl methyl sites for hydroxylation is 3. The van der Waals surface area contributed by atoms with Crippen molar-refractivity contribution in [2.75, 3.05) is 11.1 Å². The standard InChI is InChI=1S/C22H23N3O2S/c1-14-4-6-16(7-5-14)12-27-18-10-8-17(9-11-18)21-20-15(2)24-25(3)22(20)23-19(26)13-28-21/h4-11,21H,12-13H2,1-3H3,(H,23,26)/t21-/m1/s1. The topological polar surface area (TPSA) is 56.1 Å². The van der Waals surface area contributed by atoms with Gasteiger partial charge in [-0.15, -0.1) is 11.8 Å². The smallest absolute Gasteiger partial charge is 0.235 e. The lowest BCUT2D eigenvalue weighted by Crippen LogP contribution is -2.15. The van der Waals surface area contributed by atoms with Gasteiger partial charge < -0.3 is 10.1 Å². The molecule has 0 saturated heterocycles. The monoisotopic (exact) mass is 393 g/mol. The number of ether oxygens (including phenoxy) is 1. The van der Waals surface area contributed by atoms with Crippen LogP contribution in [0.2, 0.25) is 0 Å². The van der Waals surface area contributed by atoms with Crippen molar-refractivity contribution in [2.24, 2.45) is 7.05 Å². The summed E-state index contributed by atoms with van der Waals surface area (Å²) in [5.74, 6) is 2.05. The van der Waals surface area contributed by atoms with E-state index in [4.69, 9.17) is 4.74 Å². The summed E-state index contributed by atoms with van der Waals surface area (Å²) in [6, 6.07) is 16.5. The molecule has 0 radical (unpaired) electrons. The first-order valence-corrected chi connectivity index (χ1v) is 10.3. The molecule has 1 aliphatic rings. The zero-order chi connectivity index (χ0) is 19.7. The Balaban J connectivity index is 1.53. The second kappa shape index (κ2) is 7.72. The molecule has 1 atom stereocenters. The fourth-order valence-corrected chi connectivity index (χ4v) is 4.59. The molecule has 0 saturated carbocycles. The number of amides is 1. The molecule has 28 heavy (non-hydrogen) atoms. The van der Waals surface area contributed by atoms with Crippen molar-refractivity contribution in [2.45, 2.75) is 25.7 Å². The van der Waals surface area contributed by atoms with E-state index < -0.39 is 0 Å². The van der Waals surface area contributed by atoms with Crippen LogP contribution in [-0.2, 0) is 18.4 Å². The average molecular weight is 394 g/mol. The Morgan fingerprint density at radius 1 is 1.14 bits per heavy atom.